The molecule has 110 valence electrons. The summed E-state index contributed by atoms with van der Waals surface area (Å²) in [7, 11) is 1.78. The Morgan fingerprint density at radius 3 is 2.29 bits per heavy atom. The summed E-state index contributed by atoms with van der Waals surface area (Å²) in [6, 6.07) is 18.0. The van der Waals surface area contributed by atoms with Crippen molar-refractivity contribution in [2.24, 2.45) is 0 Å². The van der Waals surface area contributed by atoms with Crippen LogP contribution in [-0.2, 0) is 4.79 Å². The average molecular weight is 300 g/mol. The molecule has 0 saturated heterocycles. The largest absolute Gasteiger partial charge is 0.323 e. The van der Waals surface area contributed by atoms with Gasteiger partial charge in [-0.3, -0.25) is 4.79 Å². The number of hydrogen-bond acceptors (Lipinski definition) is 3. The molecule has 0 unspecified atom stereocenters. The van der Waals surface area contributed by atoms with Crippen molar-refractivity contribution in [3.8, 4) is 0 Å². The van der Waals surface area contributed by atoms with Crippen molar-refractivity contribution in [3.63, 3.8) is 0 Å². The maximum atomic E-state index is 12.3. The van der Waals surface area contributed by atoms with Gasteiger partial charge in [-0.1, -0.05) is 42.1 Å². The van der Waals surface area contributed by atoms with Crippen LogP contribution in [0.3, 0.4) is 0 Å². The first kappa shape index (κ1) is 15.6. The zero-order valence-corrected chi connectivity index (χ0v) is 13.3. The Balaban J connectivity index is 2.20. The number of para-hydroxylation sites is 1. The van der Waals surface area contributed by atoms with Crippen molar-refractivity contribution in [2.75, 3.05) is 12.4 Å². The molecule has 2 rings (SSSR count). The van der Waals surface area contributed by atoms with Crippen LogP contribution < -0.4 is 10.6 Å². The van der Waals surface area contributed by atoms with E-state index in [-0.39, 0.29) is 5.91 Å². The number of carbonyl (C=O) groups is 1. The molecule has 0 atom stereocenters. The lowest BCUT2D eigenvalue weighted by molar-refractivity contribution is -0.121. The van der Waals surface area contributed by atoms with Crippen LogP contribution in [0, 0.1) is 0 Å². The number of rotatable bonds is 5. The summed E-state index contributed by atoms with van der Waals surface area (Å²) in [5, 5.41) is 6.01. The molecule has 3 nitrogen and oxygen atoms in total. The van der Waals surface area contributed by atoms with Gasteiger partial charge in [0, 0.05) is 9.79 Å². The zero-order chi connectivity index (χ0) is 15.3. The van der Waals surface area contributed by atoms with E-state index in [1.807, 2.05) is 56.3 Å². The lowest BCUT2D eigenvalue weighted by atomic mass is 10.1. The zero-order valence-electron chi connectivity index (χ0n) is 12.5. The van der Waals surface area contributed by atoms with Gasteiger partial charge < -0.3 is 10.6 Å². The number of anilines is 1. The van der Waals surface area contributed by atoms with Crippen molar-refractivity contribution in [2.45, 2.75) is 29.2 Å². The Kier molecular flexibility index (Phi) is 5.04. The van der Waals surface area contributed by atoms with Crippen LogP contribution in [0.1, 0.15) is 13.8 Å². The van der Waals surface area contributed by atoms with Gasteiger partial charge in [0.2, 0.25) is 5.91 Å². The lowest BCUT2D eigenvalue weighted by Gasteiger charge is -2.23. The standard InChI is InChI=1S/C17H20N2OS/c1-17(2,18-3)16(20)19-14-11-7-8-12-15(14)21-13-9-5-4-6-10-13/h4-12,18H,1-3H3,(H,19,20). The highest BCUT2D eigenvalue weighted by Crippen LogP contribution is 2.33. The molecule has 2 aromatic carbocycles. The number of benzene rings is 2. The van der Waals surface area contributed by atoms with Crippen LogP contribution >= 0.6 is 11.8 Å². The molecular weight excluding hydrogens is 280 g/mol. The molecule has 0 spiro atoms. The van der Waals surface area contributed by atoms with Crippen LogP contribution in [0.4, 0.5) is 5.69 Å². The van der Waals surface area contributed by atoms with Crippen molar-refractivity contribution < 1.29 is 4.79 Å². The third kappa shape index (κ3) is 4.09. The van der Waals surface area contributed by atoms with Crippen molar-refractivity contribution in [1.82, 2.24) is 5.32 Å². The summed E-state index contributed by atoms with van der Waals surface area (Å²) < 4.78 is 0. The Morgan fingerprint density at radius 2 is 1.62 bits per heavy atom. The Labute approximate surface area is 130 Å². The summed E-state index contributed by atoms with van der Waals surface area (Å²) in [5.74, 6) is -0.0499. The third-order valence-electron chi connectivity index (χ3n) is 3.30. The molecule has 0 bridgehead atoms. The third-order valence-corrected chi connectivity index (χ3v) is 4.38. The van der Waals surface area contributed by atoms with Crippen molar-refractivity contribution in [1.29, 1.82) is 0 Å². The molecule has 0 aromatic heterocycles. The summed E-state index contributed by atoms with van der Waals surface area (Å²) in [4.78, 5) is 14.5. The van der Waals surface area contributed by atoms with Crippen molar-refractivity contribution >= 4 is 23.4 Å². The first-order valence-electron chi connectivity index (χ1n) is 6.85. The summed E-state index contributed by atoms with van der Waals surface area (Å²) in [6.07, 6.45) is 0. The molecule has 4 heteroatoms. The first-order chi connectivity index (χ1) is 10.0. The normalized spacial score (nSPS) is 11.2. The molecule has 21 heavy (non-hydrogen) atoms. The second-order valence-electron chi connectivity index (χ2n) is 5.24. The minimum Gasteiger partial charge on any atom is -0.323 e. The van der Waals surface area contributed by atoms with E-state index in [0.717, 1.165) is 15.5 Å². The predicted molar refractivity (Wildman–Crippen MR) is 88.8 cm³/mol. The minimum absolute atomic E-state index is 0.0499. The van der Waals surface area contributed by atoms with E-state index in [0.29, 0.717) is 0 Å². The Morgan fingerprint density at radius 1 is 1.00 bits per heavy atom. The van der Waals surface area contributed by atoms with E-state index in [9.17, 15) is 4.79 Å². The molecule has 0 radical (unpaired) electrons. The maximum absolute atomic E-state index is 12.3. The van der Waals surface area contributed by atoms with E-state index in [4.69, 9.17) is 0 Å². The fourth-order valence-electron chi connectivity index (χ4n) is 1.67. The lowest BCUT2D eigenvalue weighted by Crippen LogP contribution is -2.47. The highest BCUT2D eigenvalue weighted by atomic mass is 32.2. The van der Waals surface area contributed by atoms with Gasteiger partial charge in [0.25, 0.3) is 0 Å². The molecule has 1 amide bonds. The highest BCUT2D eigenvalue weighted by Gasteiger charge is 2.25. The molecule has 0 aliphatic rings. The number of amides is 1. The van der Waals surface area contributed by atoms with Gasteiger partial charge in [-0.2, -0.15) is 0 Å². The van der Waals surface area contributed by atoms with E-state index in [1.165, 1.54) is 0 Å². The Hall–Kier alpha value is -1.78. The molecule has 0 fully saturated rings. The minimum atomic E-state index is -0.607. The fraction of sp³-hybridized carbons (Fsp3) is 0.235. The van der Waals surface area contributed by atoms with Gasteiger partial charge in [-0.15, -0.1) is 0 Å². The molecule has 2 N–H and O–H groups in total. The van der Waals surface area contributed by atoms with Gasteiger partial charge >= 0.3 is 0 Å². The molecule has 2 aromatic rings. The number of carbonyl (C=O) groups excluding carboxylic acids is 1. The van der Waals surface area contributed by atoms with Gasteiger partial charge in [0.1, 0.15) is 0 Å². The van der Waals surface area contributed by atoms with Crippen LogP contribution in [0.25, 0.3) is 0 Å². The van der Waals surface area contributed by atoms with Crippen LogP contribution in [0.2, 0.25) is 0 Å². The quantitative estimate of drug-likeness (QED) is 0.883. The fourth-order valence-corrected chi connectivity index (χ4v) is 2.59. The van der Waals surface area contributed by atoms with E-state index < -0.39 is 5.54 Å². The monoisotopic (exact) mass is 300 g/mol. The molecule has 0 saturated carbocycles. The van der Waals surface area contributed by atoms with Crippen LogP contribution in [-0.4, -0.2) is 18.5 Å². The number of likely N-dealkylation sites (N-methyl/N-ethyl adjacent to an activating group) is 1. The van der Waals surface area contributed by atoms with Crippen LogP contribution in [0.5, 0.6) is 0 Å². The SMILES string of the molecule is CNC(C)(C)C(=O)Nc1ccccc1Sc1ccccc1. The smallest absolute Gasteiger partial charge is 0.244 e. The van der Waals surface area contributed by atoms with E-state index in [2.05, 4.69) is 22.8 Å². The van der Waals surface area contributed by atoms with Gasteiger partial charge in [0.15, 0.2) is 0 Å². The van der Waals surface area contributed by atoms with Gasteiger partial charge in [-0.25, -0.2) is 0 Å². The summed E-state index contributed by atoms with van der Waals surface area (Å²) in [6.45, 7) is 3.71. The molecule has 0 heterocycles. The first-order valence-corrected chi connectivity index (χ1v) is 7.67. The topological polar surface area (TPSA) is 41.1 Å². The summed E-state index contributed by atoms with van der Waals surface area (Å²) >= 11 is 1.64. The van der Waals surface area contributed by atoms with Crippen molar-refractivity contribution in [3.05, 3.63) is 54.6 Å². The van der Waals surface area contributed by atoms with Crippen LogP contribution in [0.15, 0.2) is 64.4 Å². The average Bonchev–Trinajstić information content (AvgIpc) is 2.50. The van der Waals surface area contributed by atoms with E-state index in [1.54, 1.807) is 18.8 Å². The number of hydrogen-bond donors (Lipinski definition) is 2. The second-order valence-corrected chi connectivity index (χ2v) is 6.36. The second kappa shape index (κ2) is 6.78. The molecular formula is C17H20N2OS. The predicted octanol–water partition coefficient (Wildman–Crippen LogP) is 3.77. The maximum Gasteiger partial charge on any atom is 0.244 e. The van der Waals surface area contributed by atoms with Gasteiger partial charge in [-0.05, 0) is 45.2 Å². The molecule has 0 aliphatic carbocycles. The number of nitrogens with one attached hydrogen (secondary N) is 2. The highest BCUT2D eigenvalue weighted by molar-refractivity contribution is 7.99. The summed E-state index contributed by atoms with van der Waals surface area (Å²) in [5.41, 5.74) is 0.226. The van der Waals surface area contributed by atoms with Gasteiger partial charge in [0.05, 0.1) is 11.2 Å². The van der Waals surface area contributed by atoms with E-state index >= 15 is 0 Å². The molecule has 0 aliphatic heterocycles. The Bertz CT molecular complexity index is 611.